The molecule has 0 heterocycles. The first-order valence-electron chi connectivity index (χ1n) is 5.01. The average Bonchev–Trinajstić information content (AvgIpc) is 1.96. The fraction of sp³-hybridized carbons (Fsp3) is 0.909. The fourth-order valence-corrected chi connectivity index (χ4v) is 2.55. The van der Waals surface area contributed by atoms with Crippen molar-refractivity contribution in [2.45, 2.75) is 53.9 Å². The van der Waals surface area contributed by atoms with Crippen LogP contribution in [0.3, 0.4) is 0 Å². The maximum Gasteiger partial charge on any atom is 0.228 e. The Labute approximate surface area is 86.9 Å². The van der Waals surface area contributed by atoms with Crippen molar-refractivity contribution < 1.29 is 4.79 Å². The lowest BCUT2D eigenvalue weighted by atomic mass is 9.63. The maximum atomic E-state index is 11.5. The third-order valence-electron chi connectivity index (χ3n) is 3.09. The van der Waals surface area contributed by atoms with Crippen molar-refractivity contribution in [1.82, 2.24) is 0 Å². The highest BCUT2D eigenvalue weighted by Crippen LogP contribution is 2.46. The van der Waals surface area contributed by atoms with Crippen LogP contribution in [-0.2, 0) is 4.79 Å². The summed E-state index contributed by atoms with van der Waals surface area (Å²) in [6.07, 6.45) is 2.71. The summed E-state index contributed by atoms with van der Waals surface area (Å²) in [4.78, 5) is 11.5. The van der Waals surface area contributed by atoms with Gasteiger partial charge < -0.3 is 0 Å². The molecule has 0 spiro atoms. The maximum absolute atomic E-state index is 11.5. The van der Waals surface area contributed by atoms with Crippen molar-refractivity contribution in [3.8, 4) is 0 Å². The predicted octanol–water partition coefficient (Wildman–Crippen LogP) is 3.99. The highest BCUT2D eigenvalue weighted by atomic mass is 35.5. The van der Waals surface area contributed by atoms with E-state index >= 15 is 0 Å². The van der Waals surface area contributed by atoms with Crippen LogP contribution in [0.1, 0.15) is 53.9 Å². The Balaban J connectivity index is 4.98. The zero-order chi connectivity index (χ0) is 10.7. The first-order chi connectivity index (χ1) is 5.81. The first kappa shape index (κ1) is 13.0. The van der Waals surface area contributed by atoms with Gasteiger partial charge in [0, 0.05) is 5.41 Å². The summed E-state index contributed by atoms with van der Waals surface area (Å²) in [5, 5.41) is -0.177. The number of hydrogen-bond donors (Lipinski definition) is 0. The molecule has 1 unspecified atom stereocenters. The van der Waals surface area contributed by atoms with Crippen molar-refractivity contribution in [3.05, 3.63) is 0 Å². The Morgan fingerprint density at radius 1 is 1.23 bits per heavy atom. The van der Waals surface area contributed by atoms with Crippen LogP contribution in [0.25, 0.3) is 0 Å². The van der Waals surface area contributed by atoms with Gasteiger partial charge in [-0.3, -0.25) is 4.79 Å². The van der Waals surface area contributed by atoms with Gasteiger partial charge in [-0.1, -0.05) is 41.0 Å². The van der Waals surface area contributed by atoms with Gasteiger partial charge in [-0.15, -0.1) is 0 Å². The molecule has 0 fully saturated rings. The number of carbonyl (C=O) groups excluding carboxylic acids is 1. The molecule has 0 aliphatic heterocycles. The summed E-state index contributed by atoms with van der Waals surface area (Å²) in [5.74, 6) is 0. The Kier molecular flexibility index (Phi) is 4.44. The van der Waals surface area contributed by atoms with E-state index in [0.717, 1.165) is 19.3 Å². The van der Waals surface area contributed by atoms with Crippen molar-refractivity contribution in [2.24, 2.45) is 10.8 Å². The molecule has 78 valence electrons. The SMILES string of the molecule is CCCC(CC)(C(=O)Cl)C(C)(C)C. The second kappa shape index (κ2) is 4.45. The number of carbonyl (C=O) groups is 1. The molecule has 0 amide bonds. The van der Waals surface area contributed by atoms with E-state index in [0.29, 0.717) is 0 Å². The minimum atomic E-state index is -0.344. The molecular formula is C11H21ClO. The largest absolute Gasteiger partial charge is 0.281 e. The second-order valence-electron chi connectivity index (χ2n) is 4.71. The van der Waals surface area contributed by atoms with Gasteiger partial charge in [-0.25, -0.2) is 0 Å². The van der Waals surface area contributed by atoms with Crippen LogP contribution in [0.4, 0.5) is 0 Å². The molecule has 0 aromatic rings. The third-order valence-corrected chi connectivity index (χ3v) is 3.45. The van der Waals surface area contributed by atoms with Crippen LogP contribution >= 0.6 is 11.6 Å². The van der Waals surface area contributed by atoms with Crippen LogP contribution in [-0.4, -0.2) is 5.24 Å². The summed E-state index contributed by atoms with van der Waals surface area (Å²) in [5.41, 5.74) is -0.389. The van der Waals surface area contributed by atoms with E-state index in [1.165, 1.54) is 0 Å². The van der Waals surface area contributed by atoms with Gasteiger partial charge >= 0.3 is 0 Å². The predicted molar refractivity (Wildman–Crippen MR) is 57.9 cm³/mol. The molecule has 0 rings (SSSR count). The van der Waals surface area contributed by atoms with Crippen LogP contribution in [0.5, 0.6) is 0 Å². The highest BCUT2D eigenvalue weighted by molar-refractivity contribution is 6.64. The van der Waals surface area contributed by atoms with E-state index in [1.807, 2.05) is 6.92 Å². The molecule has 0 aliphatic rings. The highest BCUT2D eigenvalue weighted by Gasteiger charge is 2.44. The van der Waals surface area contributed by atoms with Crippen LogP contribution in [0.15, 0.2) is 0 Å². The summed E-state index contributed by atoms with van der Waals surface area (Å²) in [7, 11) is 0. The molecule has 13 heavy (non-hydrogen) atoms. The number of hydrogen-bond acceptors (Lipinski definition) is 1. The summed E-state index contributed by atoms with van der Waals surface area (Å²) >= 11 is 5.73. The van der Waals surface area contributed by atoms with Crippen LogP contribution in [0, 0.1) is 10.8 Å². The molecule has 1 nitrogen and oxygen atoms in total. The van der Waals surface area contributed by atoms with E-state index in [2.05, 4.69) is 27.7 Å². The van der Waals surface area contributed by atoms with Gasteiger partial charge in [0.2, 0.25) is 5.24 Å². The Hall–Kier alpha value is -0.0400. The van der Waals surface area contributed by atoms with Gasteiger partial charge in [0.1, 0.15) is 0 Å². The molecule has 0 saturated heterocycles. The van der Waals surface area contributed by atoms with Crippen LogP contribution in [0.2, 0.25) is 0 Å². The minimum absolute atomic E-state index is 0.0450. The zero-order valence-corrected chi connectivity index (χ0v) is 10.2. The molecule has 0 aliphatic carbocycles. The van der Waals surface area contributed by atoms with E-state index < -0.39 is 0 Å². The van der Waals surface area contributed by atoms with Gasteiger partial charge in [-0.05, 0) is 29.9 Å². The monoisotopic (exact) mass is 204 g/mol. The van der Waals surface area contributed by atoms with Crippen molar-refractivity contribution in [3.63, 3.8) is 0 Å². The average molecular weight is 205 g/mol. The lowest BCUT2D eigenvalue weighted by molar-refractivity contribution is -0.127. The number of halogens is 1. The molecule has 0 aromatic heterocycles. The van der Waals surface area contributed by atoms with Gasteiger partial charge in [0.05, 0.1) is 0 Å². The topological polar surface area (TPSA) is 17.1 Å². The summed E-state index contributed by atoms with van der Waals surface area (Å²) < 4.78 is 0. The molecule has 0 saturated carbocycles. The summed E-state index contributed by atoms with van der Waals surface area (Å²) in [6.45, 7) is 10.4. The summed E-state index contributed by atoms with van der Waals surface area (Å²) in [6, 6.07) is 0. The smallest absolute Gasteiger partial charge is 0.228 e. The molecule has 1 atom stereocenters. The molecule has 0 aromatic carbocycles. The van der Waals surface area contributed by atoms with E-state index in [9.17, 15) is 4.79 Å². The van der Waals surface area contributed by atoms with E-state index in [1.54, 1.807) is 0 Å². The molecule has 0 radical (unpaired) electrons. The minimum Gasteiger partial charge on any atom is -0.281 e. The molecular weight excluding hydrogens is 184 g/mol. The van der Waals surface area contributed by atoms with Crippen molar-refractivity contribution in [1.29, 1.82) is 0 Å². The lowest BCUT2D eigenvalue weighted by Crippen LogP contribution is -2.40. The number of rotatable bonds is 4. The lowest BCUT2D eigenvalue weighted by Gasteiger charge is -2.41. The Morgan fingerprint density at radius 2 is 1.69 bits per heavy atom. The van der Waals surface area contributed by atoms with Gasteiger partial charge in [0.25, 0.3) is 0 Å². The van der Waals surface area contributed by atoms with E-state index in [4.69, 9.17) is 11.6 Å². The standard InChI is InChI=1S/C11H21ClO/c1-6-8-11(7-2,9(12)13)10(3,4)5/h6-8H2,1-5H3. The first-order valence-corrected chi connectivity index (χ1v) is 5.39. The molecule has 2 heteroatoms. The third kappa shape index (κ3) is 2.46. The zero-order valence-electron chi connectivity index (χ0n) is 9.41. The second-order valence-corrected chi connectivity index (χ2v) is 5.05. The van der Waals surface area contributed by atoms with Gasteiger partial charge in [-0.2, -0.15) is 0 Å². The Morgan fingerprint density at radius 3 is 1.77 bits per heavy atom. The molecule has 0 bridgehead atoms. The van der Waals surface area contributed by atoms with Crippen molar-refractivity contribution in [2.75, 3.05) is 0 Å². The van der Waals surface area contributed by atoms with Crippen molar-refractivity contribution >= 4 is 16.8 Å². The molecule has 0 N–H and O–H groups in total. The quantitative estimate of drug-likeness (QED) is 0.633. The van der Waals surface area contributed by atoms with Gasteiger partial charge in [0.15, 0.2) is 0 Å². The normalized spacial score (nSPS) is 16.8. The fourth-order valence-electron chi connectivity index (χ4n) is 2.04. The Bertz CT molecular complexity index is 181. The van der Waals surface area contributed by atoms with E-state index in [-0.39, 0.29) is 16.1 Å². The van der Waals surface area contributed by atoms with Crippen LogP contribution < -0.4 is 0 Å².